The van der Waals surface area contributed by atoms with E-state index in [0.717, 1.165) is 11.3 Å². The molecule has 0 spiro atoms. The zero-order chi connectivity index (χ0) is 16.4. The fourth-order valence-electron chi connectivity index (χ4n) is 3.00. The minimum atomic E-state index is -3.81. The summed E-state index contributed by atoms with van der Waals surface area (Å²) in [4.78, 5) is -0.263. The van der Waals surface area contributed by atoms with Gasteiger partial charge in [-0.1, -0.05) is 30.3 Å². The van der Waals surface area contributed by atoms with Crippen molar-refractivity contribution in [1.82, 2.24) is 4.31 Å². The summed E-state index contributed by atoms with van der Waals surface area (Å²) >= 11 is 0. The van der Waals surface area contributed by atoms with E-state index in [1.807, 2.05) is 24.3 Å². The standard InChI is InChI=1S/C17H18FNO3S/c1-22-16-8-4-2-6-14(16)13-10-11-19(12-13)23(20,21)17-9-5-3-7-15(17)18/h2-9,13H,10-12H2,1H3/t13-/m0/s1. The van der Waals surface area contributed by atoms with Gasteiger partial charge in [-0.15, -0.1) is 0 Å². The molecule has 0 saturated carbocycles. The average molecular weight is 335 g/mol. The molecule has 3 rings (SSSR count). The van der Waals surface area contributed by atoms with Crippen LogP contribution in [-0.4, -0.2) is 32.9 Å². The van der Waals surface area contributed by atoms with Gasteiger partial charge in [0.15, 0.2) is 0 Å². The molecule has 1 aliphatic heterocycles. The summed E-state index contributed by atoms with van der Waals surface area (Å²) in [5.41, 5.74) is 0.987. The minimum Gasteiger partial charge on any atom is -0.496 e. The Bertz CT molecular complexity index is 807. The predicted molar refractivity (Wildman–Crippen MR) is 85.5 cm³/mol. The van der Waals surface area contributed by atoms with Gasteiger partial charge in [0.25, 0.3) is 0 Å². The highest BCUT2D eigenvalue weighted by atomic mass is 32.2. The van der Waals surface area contributed by atoms with Crippen molar-refractivity contribution in [3.8, 4) is 5.75 Å². The molecule has 6 heteroatoms. The number of hydrogen-bond donors (Lipinski definition) is 0. The van der Waals surface area contributed by atoms with E-state index >= 15 is 0 Å². The van der Waals surface area contributed by atoms with E-state index in [4.69, 9.17) is 4.74 Å². The topological polar surface area (TPSA) is 46.6 Å². The van der Waals surface area contributed by atoms with Crippen molar-refractivity contribution < 1.29 is 17.5 Å². The van der Waals surface area contributed by atoms with Crippen LogP contribution in [0.4, 0.5) is 4.39 Å². The van der Waals surface area contributed by atoms with Crippen LogP contribution in [0.5, 0.6) is 5.75 Å². The molecule has 122 valence electrons. The Morgan fingerprint density at radius 3 is 2.57 bits per heavy atom. The summed E-state index contributed by atoms with van der Waals surface area (Å²) < 4.78 is 45.8. The Morgan fingerprint density at radius 2 is 1.83 bits per heavy atom. The maximum absolute atomic E-state index is 13.9. The lowest BCUT2D eigenvalue weighted by Gasteiger charge is -2.18. The van der Waals surface area contributed by atoms with Crippen molar-refractivity contribution in [1.29, 1.82) is 0 Å². The van der Waals surface area contributed by atoms with Crippen molar-refractivity contribution in [2.75, 3.05) is 20.2 Å². The number of para-hydroxylation sites is 1. The van der Waals surface area contributed by atoms with Crippen LogP contribution in [0.15, 0.2) is 53.4 Å². The molecule has 2 aromatic rings. The van der Waals surface area contributed by atoms with Crippen molar-refractivity contribution in [3.05, 3.63) is 59.9 Å². The number of ether oxygens (including phenoxy) is 1. The number of halogens is 1. The molecule has 1 atom stereocenters. The number of methoxy groups -OCH3 is 1. The number of nitrogens with zero attached hydrogens (tertiary/aromatic N) is 1. The fourth-order valence-corrected chi connectivity index (χ4v) is 4.56. The molecule has 0 aliphatic carbocycles. The minimum absolute atomic E-state index is 0.0488. The molecule has 1 heterocycles. The Balaban J connectivity index is 1.86. The van der Waals surface area contributed by atoms with Gasteiger partial charge in [-0.05, 0) is 30.2 Å². The van der Waals surface area contributed by atoms with Crippen LogP contribution >= 0.6 is 0 Å². The van der Waals surface area contributed by atoms with Crippen LogP contribution in [-0.2, 0) is 10.0 Å². The molecule has 0 radical (unpaired) electrons. The average Bonchev–Trinajstić information content (AvgIpc) is 3.05. The summed E-state index contributed by atoms with van der Waals surface area (Å²) in [5.74, 6) is 0.0866. The van der Waals surface area contributed by atoms with Crippen molar-refractivity contribution >= 4 is 10.0 Å². The third-order valence-electron chi connectivity index (χ3n) is 4.18. The van der Waals surface area contributed by atoms with Gasteiger partial charge >= 0.3 is 0 Å². The summed E-state index contributed by atoms with van der Waals surface area (Å²) in [6.07, 6.45) is 0.689. The zero-order valence-electron chi connectivity index (χ0n) is 12.8. The molecule has 0 N–H and O–H groups in total. The molecule has 4 nitrogen and oxygen atoms in total. The lowest BCUT2D eigenvalue weighted by atomic mass is 9.97. The van der Waals surface area contributed by atoms with Gasteiger partial charge < -0.3 is 4.74 Å². The van der Waals surface area contributed by atoms with Crippen molar-refractivity contribution in [2.24, 2.45) is 0 Å². The Labute approximate surface area is 135 Å². The molecule has 0 bridgehead atoms. The summed E-state index contributed by atoms with van der Waals surface area (Å²) in [6.45, 7) is 0.705. The lowest BCUT2D eigenvalue weighted by Crippen LogP contribution is -2.29. The molecular weight excluding hydrogens is 317 g/mol. The molecule has 1 saturated heterocycles. The smallest absolute Gasteiger partial charge is 0.246 e. The molecule has 0 aromatic heterocycles. The van der Waals surface area contributed by atoms with Gasteiger partial charge in [-0.3, -0.25) is 0 Å². The maximum atomic E-state index is 13.9. The van der Waals surface area contributed by atoms with Crippen LogP contribution in [0.1, 0.15) is 17.9 Å². The van der Waals surface area contributed by atoms with E-state index in [9.17, 15) is 12.8 Å². The Morgan fingerprint density at radius 1 is 1.13 bits per heavy atom. The third kappa shape index (κ3) is 2.96. The first-order valence-electron chi connectivity index (χ1n) is 7.41. The maximum Gasteiger partial charge on any atom is 0.246 e. The predicted octanol–water partition coefficient (Wildman–Crippen LogP) is 3.01. The summed E-state index contributed by atoms with van der Waals surface area (Å²) in [5, 5.41) is 0. The van der Waals surface area contributed by atoms with Gasteiger partial charge in [0.2, 0.25) is 10.0 Å². The first-order chi connectivity index (χ1) is 11.0. The first kappa shape index (κ1) is 16.0. The number of sulfonamides is 1. The molecule has 0 unspecified atom stereocenters. The second-order valence-corrected chi connectivity index (χ2v) is 7.43. The third-order valence-corrected chi connectivity index (χ3v) is 6.08. The number of rotatable bonds is 4. The van der Waals surface area contributed by atoms with Crippen molar-refractivity contribution in [2.45, 2.75) is 17.2 Å². The van der Waals surface area contributed by atoms with E-state index in [-0.39, 0.29) is 10.8 Å². The molecule has 2 aromatic carbocycles. The molecular formula is C17H18FNO3S. The largest absolute Gasteiger partial charge is 0.496 e. The summed E-state index contributed by atoms with van der Waals surface area (Å²) in [6, 6.07) is 13.1. The van der Waals surface area contributed by atoms with Gasteiger partial charge in [0, 0.05) is 19.0 Å². The SMILES string of the molecule is COc1ccccc1[C@H]1CCN(S(=O)(=O)c2ccccc2F)C1. The number of hydrogen-bond acceptors (Lipinski definition) is 3. The van der Waals surface area contributed by atoms with Gasteiger partial charge in [0.05, 0.1) is 7.11 Å². The quantitative estimate of drug-likeness (QED) is 0.863. The van der Waals surface area contributed by atoms with E-state index < -0.39 is 15.8 Å². The normalized spacial score (nSPS) is 19.0. The molecule has 1 aliphatic rings. The lowest BCUT2D eigenvalue weighted by molar-refractivity contribution is 0.404. The highest BCUT2D eigenvalue weighted by Gasteiger charge is 2.35. The fraction of sp³-hybridized carbons (Fsp3) is 0.294. The molecule has 0 amide bonds. The van der Waals surface area contributed by atoms with Crippen molar-refractivity contribution in [3.63, 3.8) is 0 Å². The zero-order valence-corrected chi connectivity index (χ0v) is 13.6. The highest BCUT2D eigenvalue weighted by Crippen LogP contribution is 2.35. The second-order valence-electron chi connectivity index (χ2n) is 5.52. The van der Waals surface area contributed by atoms with Gasteiger partial charge in [0.1, 0.15) is 16.5 Å². The first-order valence-corrected chi connectivity index (χ1v) is 8.85. The monoisotopic (exact) mass is 335 g/mol. The second kappa shape index (κ2) is 6.29. The van der Waals surface area contributed by atoms with E-state index in [1.165, 1.54) is 28.6 Å². The summed E-state index contributed by atoms with van der Waals surface area (Å²) in [7, 11) is -2.21. The van der Waals surface area contributed by atoms with Crippen LogP contribution in [0.3, 0.4) is 0 Å². The van der Waals surface area contributed by atoms with Gasteiger partial charge in [-0.2, -0.15) is 4.31 Å². The molecule has 1 fully saturated rings. The van der Waals surface area contributed by atoms with Crippen LogP contribution in [0.2, 0.25) is 0 Å². The number of benzene rings is 2. The molecule has 23 heavy (non-hydrogen) atoms. The Kier molecular flexibility index (Phi) is 4.37. The highest BCUT2D eigenvalue weighted by molar-refractivity contribution is 7.89. The van der Waals surface area contributed by atoms with E-state index in [1.54, 1.807) is 7.11 Å². The van der Waals surface area contributed by atoms with Crippen LogP contribution in [0, 0.1) is 5.82 Å². The van der Waals surface area contributed by atoms with Gasteiger partial charge in [-0.25, -0.2) is 12.8 Å². The van der Waals surface area contributed by atoms with Crippen LogP contribution in [0.25, 0.3) is 0 Å². The van der Waals surface area contributed by atoms with Crippen LogP contribution < -0.4 is 4.74 Å². The van der Waals surface area contributed by atoms with E-state index in [2.05, 4.69) is 0 Å². The van der Waals surface area contributed by atoms with E-state index in [0.29, 0.717) is 19.5 Å². The Hall–Kier alpha value is -1.92.